The summed E-state index contributed by atoms with van der Waals surface area (Å²) in [5.74, 6) is -0.288. The summed E-state index contributed by atoms with van der Waals surface area (Å²) >= 11 is 2.80. The minimum Gasteiger partial charge on any atom is -0.468 e. The molecular formula is C14H17N3O2S2. The molecule has 2 aromatic rings. The number of thioether (sulfide) groups is 1. The number of methoxy groups -OCH3 is 1. The van der Waals surface area contributed by atoms with Crippen molar-refractivity contribution in [2.75, 3.05) is 19.0 Å². The molecule has 112 valence electrons. The van der Waals surface area contributed by atoms with Gasteiger partial charge in [0.2, 0.25) is 5.13 Å². The van der Waals surface area contributed by atoms with Crippen LogP contribution >= 0.6 is 23.1 Å². The van der Waals surface area contributed by atoms with Gasteiger partial charge in [-0.25, -0.2) is 0 Å². The highest BCUT2D eigenvalue weighted by Gasteiger charge is 2.24. The minimum absolute atomic E-state index is 0.288. The van der Waals surface area contributed by atoms with E-state index in [1.165, 1.54) is 30.2 Å². The topological polar surface area (TPSA) is 64.1 Å². The molecular weight excluding hydrogens is 306 g/mol. The molecule has 0 amide bonds. The van der Waals surface area contributed by atoms with E-state index in [4.69, 9.17) is 4.74 Å². The smallest absolute Gasteiger partial charge is 0.323 e. The molecule has 21 heavy (non-hydrogen) atoms. The van der Waals surface area contributed by atoms with Gasteiger partial charge in [-0.05, 0) is 12.0 Å². The summed E-state index contributed by atoms with van der Waals surface area (Å²) in [6.07, 6.45) is 1.02. The normalized spacial score (nSPS) is 11.9. The van der Waals surface area contributed by atoms with Crippen LogP contribution in [-0.4, -0.2) is 29.8 Å². The number of nitrogens with one attached hydrogen (secondary N) is 1. The number of hydrogen-bond acceptors (Lipinski definition) is 7. The molecule has 0 saturated carbocycles. The highest BCUT2D eigenvalue weighted by atomic mass is 32.2. The van der Waals surface area contributed by atoms with Gasteiger partial charge in [-0.2, -0.15) is 0 Å². The van der Waals surface area contributed by atoms with E-state index in [1.54, 1.807) is 0 Å². The fourth-order valence-corrected chi connectivity index (χ4v) is 3.64. The van der Waals surface area contributed by atoms with Crippen molar-refractivity contribution in [1.29, 1.82) is 0 Å². The number of carbonyl (C=O) groups excluding carboxylic acids is 1. The minimum atomic E-state index is -0.428. The lowest BCUT2D eigenvalue weighted by molar-refractivity contribution is -0.140. The van der Waals surface area contributed by atoms with Gasteiger partial charge in [0, 0.05) is 6.54 Å². The summed E-state index contributed by atoms with van der Waals surface area (Å²) in [5.41, 5.74) is 0.896. The van der Waals surface area contributed by atoms with Crippen LogP contribution < -0.4 is 5.32 Å². The molecule has 0 radical (unpaired) electrons. The van der Waals surface area contributed by atoms with E-state index in [2.05, 4.69) is 22.4 Å². The van der Waals surface area contributed by atoms with Crippen molar-refractivity contribution in [2.45, 2.75) is 22.9 Å². The molecule has 0 aliphatic rings. The van der Waals surface area contributed by atoms with Gasteiger partial charge in [0.05, 0.1) is 7.11 Å². The van der Waals surface area contributed by atoms with Crippen LogP contribution in [0.3, 0.4) is 0 Å². The van der Waals surface area contributed by atoms with Crippen molar-refractivity contribution >= 4 is 34.2 Å². The second-order valence-electron chi connectivity index (χ2n) is 4.23. The van der Waals surface area contributed by atoms with E-state index >= 15 is 0 Å². The van der Waals surface area contributed by atoms with Crippen molar-refractivity contribution < 1.29 is 9.53 Å². The molecule has 7 heteroatoms. The van der Waals surface area contributed by atoms with Crippen molar-refractivity contribution in [1.82, 2.24) is 10.2 Å². The fourth-order valence-electron chi connectivity index (χ4n) is 1.65. The monoisotopic (exact) mass is 323 g/mol. The molecule has 5 nitrogen and oxygen atoms in total. The summed E-state index contributed by atoms with van der Waals surface area (Å²) in [7, 11) is 1.40. The maximum atomic E-state index is 12.0. The second-order valence-corrected chi connectivity index (χ2v) is 6.56. The lowest BCUT2D eigenvalue weighted by Gasteiger charge is -2.12. The van der Waals surface area contributed by atoms with Crippen molar-refractivity contribution in [3.8, 4) is 0 Å². The lowest BCUT2D eigenvalue weighted by atomic mass is 10.1. The van der Waals surface area contributed by atoms with Crippen LogP contribution in [0.25, 0.3) is 0 Å². The van der Waals surface area contributed by atoms with Gasteiger partial charge < -0.3 is 10.1 Å². The van der Waals surface area contributed by atoms with E-state index in [0.717, 1.165) is 28.0 Å². The fraction of sp³-hybridized carbons (Fsp3) is 0.357. The number of benzene rings is 1. The van der Waals surface area contributed by atoms with Gasteiger partial charge in [-0.15, -0.1) is 10.2 Å². The Hall–Kier alpha value is -1.60. The van der Waals surface area contributed by atoms with Crippen LogP contribution in [0.5, 0.6) is 0 Å². The predicted molar refractivity (Wildman–Crippen MR) is 85.7 cm³/mol. The molecule has 0 spiro atoms. The third kappa shape index (κ3) is 4.44. The molecule has 0 bridgehead atoms. The quantitative estimate of drug-likeness (QED) is 0.622. The summed E-state index contributed by atoms with van der Waals surface area (Å²) in [5, 5.41) is 11.7. The average Bonchev–Trinajstić information content (AvgIpc) is 2.98. The molecule has 0 fully saturated rings. The Bertz CT molecular complexity index is 575. The Balaban J connectivity index is 2.12. The molecule has 1 heterocycles. The first kappa shape index (κ1) is 15.8. The summed E-state index contributed by atoms with van der Waals surface area (Å²) in [6.45, 7) is 2.95. The molecule has 1 aromatic heterocycles. The predicted octanol–water partition coefficient (Wildman–Crippen LogP) is 3.37. The van der Waals surface area contributed by atoms with Crippen LogP contribution in [0.4, 0.5) is 5.13 Å². The summed E-state index contributed by atoms with van der Waals surface area (Å²) < 4.78 is 5.64. The van der Waals surface area contributed by atoms with Crippen LogP contribution in [-0.2, 0) is 9.53 Å². The number of carbonyl (C=O) groups is 1. The van der Waals surface area contributed by atoms with Crippen LogP contribution in [0, 0.1) is 0 Å². The number of nitrogens with zero attached hydrogens (tertiary/aromatic N) is 2. The van der Waals surface area contributed by atoms with Gasteiger partial charge in [-0.1, -0.05) is 60.4 Å². The Kier molecular flexibility index (Phi) is 6.01. The highest BCUT2D eigenvalue weighted by Crippen LogP contribution is 2.38. The Labute approximate surface area is 132 Å². The first-order valence-electron chi connectivity index (χ1n) is 6.61. The van der Waals surface area contributed by atoms with E-state index in [-0.39, 0.29) is 5.97 Å². The molecule has 1 aromatic carbocycles. The molecule has 1 atom stereocenters. The summed E-state index contributed by atoms with van der Waals surface area (Å²) in [4.78, 5) is 12.0. The van der Waals surface area contributed by atoms with E-state index in [9.17, 15) is 4.79 Å². The average molecular weight is 323 g/mol. The number of ether oxygens (including phenoxy) is 1. The third-order valence-electron chi connectivity index (χ3n) is 2.67. The first-order chi connectivity index (χ1) is 10.2. The Morgan fingerprint density at radius 1 is 1.38 bits per heavy atom. The Morgan fingerprint density at radius 3 is 2.81 bits per heavy atom. The maximum Gasteiger partial charge on any atom is 0.323 e. The van der Waals surface area contributed by atoms with Crippen molar-refractivity contribution in [2.24, 2.45) is 0 Å². The van der Waals surface area contributed by atoms with Crippen molar-refractivity contribution in [3.05, 3.63) is 35.9 Å². The SMILES string of the molecule is CCCNc1nnc(SC(C(=O)OC)c2ccccc2)s1. The van der Waals surface area contributed by atoms with Gasteiger partial charge in [0.1, 0.15) is 5.25 Å². The standard InChI is InChI=1S/C14H17N3O2S2/c1-3-9-15-13-16-17-14(21-13)20-11(12(18)19-2)10-7-5-4-6-8-10/h4-8,11H,3,9H2,1-2H3,(H,15,16). The van der Waals surface area contributed by atoms with Crippen molar-refractivity contribution in [3.63, 3.8) is 0 Å². The van der Waals surface area contributed by atoms with Gasteiger partial charge >= 0.3 is 5.97 Å². The zero-order valence-corrected chi connectivity index (χ0v) is 13.5. The van der Waals surface area contributed by atoms with Crippen LogP contribution in [0.2, 0.25) is 0 Å². The molecule has 0 aliphatic heterocycles. The second kappa shape index (κ2) is 7.99. The van der Waals surface area contributed by atoms with E-state index < -0.39 is 5.25 Å². The van der Waals surface area contributed by atoms with Gasteiger partial charge in [0.15, 0.2) is 4.34 Å². The van der Waals surface area contributed by atoms with Gasteiger partial charge in [0.25, 0.3) is 0 Å². The lowest BCUT2D eigenvalue weighted by Crippen LogP contribution is -2.10. The van der Waals surface area contributed by atoms with Crippen LogP contribution in [0.15, 0.2) is 34.7 Å². The number of hydrogen-bond donors (Lipinski definition) is 1. The molecule has 2 rings (SSSR count). The largest absolute Gasteiger partial charge is 0.468 e. The maximum absolute atomic E-state index is 12.0. The number of rotatable bonds is 7. The zero-order chi connectivity index (χ0) is 15.1. The van der Waals surface area contributed by atoms with E-state index in [1.807, 2.05) is 30.3 Å². The van der Waals surface area contributed by atoms with Gasteiger partial charge in [-0.3, -0.25) is 4.79 Å². The molecule has 0 aliphatic carbocycles. The van der Waals surface area contributed by atoms with E-state index in [0.29, 0.717) is 0 Å². The zero-order valence-electron chi connectivity index (χ0n) is 11.9. The molecule has 0 saturated heterocycles. The summed E-state index contributed by atoms with van der Waals surface area (Å²) in [6, 6.07) is 9.54. The highest BCUT2D eigenvalue weighted by molar-refractivity contribution is 8.01. The first-order valence-corrected chi connectivity index (χ1v) is 8.31. The Morgan fingerprint density at radius 2 is 2.14 bits per heavy atom. The molecule has 1 N–H and O–H groups in total. The number of anilines is 1. The van der Waals surface area contributed by atoms with Crippen LogP contribution in [0.1, 0.15) is 24.2 Å². The number of esters is 1. The number of aromatic nitrogens is 2. The molecule has 1 unspecified atom stereocenters. The third-order valence-corrected chi connectivity index (χ3v) is 4.87.